The maximum Gasteiger partial charge on any atom is 0.217 e. The summed E-state index contributed by atoms with van der Waals surface area (Å²) >= 11 is 5.45. The van der Waals surface area contributed by atoms with E-state index in [9.17, 15) is 0 Å². The van der Waals surface area contributed by atoms with Gasteiger partial charge in [-0.1, -0.05) is 42.5 Å². The van der Waals surface area contributed by atoms with E-state index in [1.54, 1.807) is 14.2 Å². The first-order valence-electron chi connectivity index (χ1n) is 10.7. The number of methoxy groups -OCH3 is 2. The summed E-state index contributed by atoms with van der Waals surface area (Å²) in [5.74, 6) is 2.30. The van der Waals surface area contributed by atoms with Crippen molar-refractivity contribution in [2.45, 2.75) is 13.2 Å². The molecule has 32 heavy (non-hydrogen) atoms. The lowest BCUT2D eigenvalue weighted by Crippen LogP contribution is -2.46. The molecule has 3 aromatic rings. The van der Waals surface area contributed by atoms with Gasteiger partial charge in [-0.15, -0.1) is 0 Å². The van der Waals surface area contributed by atoms with Gasteiger partial charge in [0, 0.05) is 32.7 Å². The number of hydrogen-bond acceptors (Lipinski definition) is 6. The average molecular weight is 452 g/mol. The summed E-state index contributed by atoms with van der Waals surface area (Å²) in [6.45, 7) is 5.56. The Morgan fingerprint density at radius 2 is 1.66 bits per heavy atom. The molecule has 1 aliphatic heterocycles. The van der Waals surface area contributed by atoms with E-state index in [-0.39, 0.29) is 0 Å². The predicted octanol–water partition coefficient (Wildman–Crippen LogP) is 3.90. The summed E-state index contributed by atoms with van der Waals surface area (Å²) in [4.78, 5) is 9.32. The summed E-state index contributed by atoms with van der Waals surface area (Å²) in [5, 5.41) is 3.31. The first-order valence-corrected chi connectivity index (χ1v) is 11.1. The molecule has 1 aliphatic rings. The van der Waals surface area contributed by atoms with E-state index in [1.165, 1.54) is 5.56 Å². The van der Waals surface area contributed by atoms with E-state index in [0.717, 1.165) is 62.3 Å². The van der Waals surface area contributed by atoms with E-state index < -0.39 is 0 Å². The number of H-pyrrole nitrogens is 1. The summed E-state index contributed by atoms with van der Waals surface area (Å²) in [7, 11) is 3.33. The number of benzene rings is 2. The van der Waals surface area contributed by atoms with E-state index in [2.05, 4.69) is 44.1 Å². The summed E-state index contributed by atoms with van der Waals surface area (Å²) < 4.78 is 13.3. The molecule has 7 nitrogen and oxygen atoms in total. The molecule has 8 heteroatoms. The van der Waals surface area contributed by atoms with E-state index in [4.69, 9.17) is 21.7 Å². The van der Waals surface area contributed by atoms with Crippen molar-refractivity contribution in [1.82, 2.24) is 24.6 Å². The van der Waals surface area contributed by atoms with Crippen LogP contribution in [0.5, 0.6) is 11.5 Å². The molecule has 0 aliphatic carbocycles. The number of nitrogens with one attached hydrogen (secondary N) is 1. The van der Waals surface area contributed by atoms with Crippen molar-refractivity contribution in [2.75, 3.05) is 40.4 Å². The fourth-order valence-electron chi connectivity index (χ4n) is 3.81. The highest BCUT2D eigenvalue weighted by Gasteiger charge is 2.18. The molecule has 0 saturated carbocycles. The van der Waals surface area contributed by atoms with Gasteiger partial charge in [0.25, 0.3) is 0 Å². The van der Waals surface area contributed by atoms with Crippen LogP contribution in [0.25, 0.3) is 12.2 Å². The van der Waals surface area contributed by atoms with Gasteiger partial charge in [-0.2, -0.15) is 4.98 Å². The maximum atomic E-state index is 5.45. The van der Waals surface area contributed by atoms with Gasteiger partial charge in [-0.3, -0.25) is 14.9 Å². The molecule has 1 fully saturated rings. The van der Waals surface area contributed by atoms with Crippen LogP contribution < -0.4 is 9.47 Å². The Hall–Kier alpha value is -2.94. The van der Waals surface area contributed by atoms with Gasteiger partial charge in [0.2, 0.25) is 4.77 Å². The number of nitrogens with zero attached hydrogens (tertiary/aromatic N) is 4. The third kappa shape index (κ3) is 5.64. The lowest BCUT2D eigenvalue weighted by molar-refractivity contribution is 0.0981. The Balaban J connectivity index is 1.30. The molecule has 2 heterocycles. The zero-order chi connectivity index (χ0) is 22.3. The second-order valence-corrected chi connectivity index (χ2v) is 8.15. The maximum absolute atomic E-state index is 5.45. The van der Waals surface area contributed by atoms with Crippen LogP contribution >= 0.6 is 12.2 Å². The van der Waals surface area contributed by atoms with Crippen molar-refractivity contribution in [3.8, 4) is 11.5 Å². The van der Waals surface area contributed by atoms with Crippen molar-refractivity contribution < 1.29 is 9.47 Å². The zero-order valence-electron chi connectivity index (χ0n) is 18.5. The second-order valence-electron chi connectivity index (χ2n) is 7.79. The van der Waals surface area contributed by atoms with Crippen molar-refractivity contribution in [1.29, 1.82) is 0 Å². The molecule has 1 aromatic heterocycles. The highest BCUT2D eigenvalue weighted by atomic mass is 32.1. The first kappa shape index (κ1) is 22.3. The Bertz CT molecular complexity index is 1100. The van der Waals surface area contributed by atoms with Gasteiger partial charge < -0.3 is 9.47 Å². The SMILES string of the molecule is COc1ccc(CN2CCN(Cn3[nH]c(C=Cc4ccccc4)nc3=S)CC2)cc1OC. The quantitative estimate of drug-likeness (QED) is 0.524. The number of hydrogen-bond donors (Lipinski definition) is 1. The van der Waals surface area contributed by atoms with Crippen LogP contribution in [0.4, 0.5) is 0 Å². The Morgan fingerprint density at radius 3 is 2.38 bits per heavy atom. The molecule has 0 unspecified atom stereocenters. The molecule has 0 bridgehead atoms. The highest BCUT2D eigenvalue weighted by Crippen LogP contribution is 2.28. The lowest BCUT2D eigenvalue weighted by Gasteiger charge is -2.34. The van der Waals surface area contributed by atoms with Crippen LogP contribution in [0, 0.1) is 4.77 Å². The molecule has 1 N–H and O–H groups in total. The standard InChI is InChI=1S/C24H29N5O2S/c1-30-21-10-8-20(16-22(21)31-2)17-27-12-14-28(15-13-27)18-29-24(32)25-23(26-29)11-9-19-6-4-3-5-7-19/h3-11,16H,12-15,17-18H2,1-2H3,(H,25,26,32). The smallest absolute Gasteiger partial charge is 0.217 e. The topological polar surface area (TPSA) is 58.5 Å². The third-order valence-electron chi connectivity index (χ3n) is 5.59. The average Bonchev–Trinajstić information content (AvgIpc) is 3.18. The molecular formula is C24H29N5O2S. The minimum absolute atomic E-state index is 0.575. The first-order chi connectivity index (χ1) is 15.6. The molecule has 1 saturated heterocycles. The van der Waals surface area contributed by atoms with Gasteiger partial charge in [-0.25, -0.2) is 4.68 Å². The van der Waals surface area contributed by atoms with Gasteiger partial charge >= 0.3 is 0 Å². The van der Waals surface area contributed by atoms with Crippen LogP contribution in [0.15, 0.2) is 48.5 Å². The summed E-state index contributed by atoms with van der Waals surface area (Å²) in [5.41, 5.74) is 2.36. The number of piperazine rings is 1. The molecule has 0 atom stereocenters. The predicted molar refractivity (Wildman–Crippen MR) is 129 cm³/mol. The van der Waals surface area contributed by atoms with Gasteiger partial charge in [0.15, 0.2) is 11.5 Å². The molecule has 4 rings (SSSR count). The fraction of sp³-hybridized carbons (Fsp3) is 0.333. The number of aromatic amines is 1. The van der Waals surface area contributed by atoms with Crippen molar-refractivity contribution >= 4 is 24.4 Å². The Morgan fingerprint density at radius 1 is 0.938 bits per heavy atom. The third-order valence-corrected chi connectivity index (χ3v) is 5.90. The molecule has 0 radical (unpaired) electrons. The Kier molecular flexibility index (Phi) is 7.36. The molecule has 0 spiro atoms. The minimum atomic E-state index is 0.575. The largest absolute Gasteiger partial charge is 0.493 e. The van der Waals surface area contributed by atoms with Crippen LogP contribution in [-0.4, -0.2) is 65.0 Å². The van der Waals surface area contributed by atoms with E-state index >= 15 is 0 Å². The van der Waals surface area contributed by atoms with Crippen molar-refractivity contribution in [2.24, 2.45) is 0 Å². The van der Waals surface area contributed by atoms with Gasteiger partial charge in [0.05, 0.1) is 20.9 Å². The van der Waals surface area contributed by atoms with Crippen molar-refractivity contribution in [3.05, 3.63) is 70.3 Å². The fourth-order valence-corrected chi connectivity index (χ4v) is 4.01. The van der Waals surface area contributed by atoms with Crippen LogP contribution in [0.2, 0.25) is 0 Å². The number of aromatic nitrogens is 3. The minimum Gasteiger partial charge on any atom is -0.493 e. The molecular weight excluding hydrogens is 422 g/mol. The molecule has 2 aromatic carbocycles. The normalized spacial score (nSPS) is 15.3. The van der Waals surface area contributed by atoms with Crippen LogP contribution in [-0.2, 0) is 13.2 Å². The monoisotopic (exact) mass is 451 g/mol. The summed E-state index contributed by atoms with van der Waals surface area (Å²) in [6.07, 6.45) is 3.99. The summed E-state index contributed by atoms with van der Waals surface area (Å²) in [6, 6.07) is 16.3. The van der Waals surface area contributed by atoms with Crippen molar-refractivity contribution in [3.63, 3.8) is 0 Å². The van der Waals surface area contributed by atoms with Gasteiger partial charge in [-0.05, 0) is 41.6 Å². The molecule has 0 amide bonds. The van der Waals surface area contributed by atoms with Crippen LogP contribution in [0.1, 0.15) is 17.0 Å². The van der Waals surface area contributed by atoms with E-state index in [0.29, 0.717) is 4.77 Å². The van der Waals surface area contributed by atoms with E-state index in [1.807, 2.05) is 41.1 Å². The molecule has 168 valence electrons. The number of rotatable bonds is 8. The Labute approximate surface area is 193 Å². The lowest BCUT2D eigenvalue weighted by atomic mass is 10.1. The highest BCUT2D eigenvalue weighted by molar-refractivity contribution is 7.71. The van der Waals surface area contributed by atoms with Gasteiger partial charge in [0.1, 0.15) is 5.82 Å². The number of ether oxygens (including phenoxy) is 2. The van der Waals surface area contributed by atoms with Crippen LogP contribution in [0.3, 0.4) is 0 Å². The zero-order valence-corrected chi connectivity index (χ0v) is 19.3. The second kappa shape index (κ2) is 10.6.